The number of aliphatic hydroxyl groups is 2. The monoisotopic (exact) mass is 402 g/mol. The van der Waals surface area contributed by atoms with Gasteiger partial charge in [-0.15, -0.1) is 0 Å². The fourth-order valence-electron chi connectivity index (χ4n) is 7.41. The second kappa shape index (κ2) is 7.80. The van der Waals surface area contributed by atoms with E-state index in [0.29, 0.717) is 23.9 Å². The molecule has 3 nitrogen and oxygen atoms in total. The van der Waals surface area contributed by atoms with Crippen LogP contribution in [0, 0.1) is 28.6 Å². The summed E-state index contributed by atoms with van der Waals surface area (Å²) in [6, 6.07) is 0. The summed E-state index contributed by atoms with van der Waals surface area (Å²) in [5.41, 5.74) is 3.18. The summed E-state index contributed by atoms with van der Waals surface area (Å²) in [5, 5.41) is 19.2. The smallest absolute Gasteiger partial charge is 0.0871 e. The van der Waals surface area contributed by atoms with E-state index in [1.165, 1.54) is 38.5 Å². The zero-order valence-electron chi connectivity index (χ0n) is 19.0. The Balaban J connectivity index is 1.47. The van der Waals surface area contributed by atoms with Crippen LogP contribution in [-0.2, 0) is 4.74 Å². The Kier molecular flexibility index (Phi) is 5.81. The predicted octanol–water partition coefficient (Wildman–Crippen LogP) is 5.41. The lowest BCUT2D eigenvalue weighted by atomic mass is 9.50. The molecule has 0 aliphatic heterocycles. The van der Waals surface area contributed by atoms with Crippen molar-refractivity contribution in [2.75, 3.05) is 13.2 Å². The van der Waals surface area contributed by atoms with Crippen molar-refractivity contribution in [1.29, 1.82) is 0 Å². The van der Waals surface area contributed by atoms with Crippen LogP contribution in [0.15, 0.2) is 23.3 Å². The maximum absolute atomic E-state index is 9.99. The van der Waals surface area contributed by atoms with Gasteiger partial charge in [0.05, 0.1) is 18.3 Å². The molecular formula is C26H42O3. The molecule has 0 saturated heterocycles. The van der Waals surface area contributed by atoms with Gasteiger partial charge in [0.15, 0.2) is 0 Å². The normalized spacial score (nSPS) is 43.5. The van der Waals surface area contributed by atoms with Crippen molar-refractivity contribution in [1.82, 2.24) is 0 Å². The maximum Gasteiger partial charge on any atom is 0.0871 e. The number of fused-ring (bicyclic) bond motifs is 5. The first-order valence-corrected chi connectivity index (χ1v) is 12.1. The van der Waals surface area contributed by atoms with E-state index in [2.05, 4.69) is 32.9 Å². The summed E-state index contributed by atoms with van der Waals surface area (Å²) in [6.07, 6.45) is 16.0. The Bertz CT molecular complexity index is 677. The van der Waals surface area contributed by atoms with Gasteiger partial charge >= 0.3 is 0 Å². The highest BCUT2D eigenvalue weighted by atomic mass is 16.5. The van der Waals surface area contributed by atoms with Crippen LogP contribution < -0.4 is 0 Å². The summed E-state index contributed by atoms with van der Waals surface area (Å²) in [5.74, 6) is 2.44. The number of ether oxygens (including phenoxy) is 1. The highest BCUT2D eigenvalue weighted by molar-refractivity contribution is 5.38. The van der Waals surface area contributed by atoms with Crippen LogP contribution in [0.4, 0.5) is 0 Å². The lowest BCUT2D eigenvalue weighted by molar-refractivity contribution is -0.0497. The number of aliphatic hydroxyl groups excluding tert-OH is 1. The van der Waals surface area contributed by atoms with Crippen molar-refractivity contribution in [3.63, 3.8) is 0 Å². The number of rotatable bonds is 6. The minimum Gasteiger partial charge on any atom is -0.393 e. The van der Waals surface area contributed by atoms with Crippen LogP contribution in [0.3, 0.4) is 0 Å². The molecule has 164 valence electrons. The van der Waals surface area contributed by atoms with Crippen LogP contribution in [0.5, 0.6) is 0 Å². The van der Waals surface area contributed by atoms with Crippen molar-refractivity contribution in [3.8, 4) is 0 Å². The van der Waals surface area contributed by atoms with Crippen molar-refractivity contribution >= 4 is 0 Å². The third-order valence-corrected chi connectivity index (χ3v) is 9.55. The van der Waals surface area contributed by atoms with Gasteiger partial charge in [-0.25, -0.2) is 0 Å². The Labute approximate surface area is 177 Å². The van der Waals surface area contributed by atoms with Gasteiger partial charge in [-0.05, 0) is 80.5 Å². The first-order chi connectivity index (χ1) is 13.7. The molecule has 4 aliphatic carbocycles. The molecule has 3 saturated carbocycles. The molecule has 29 heavy (non-hydrogen) atoms. The van der Waals surface area contributed by atoms with Crippen molar-refractivity contribution in [3.05, 3.63) is 23.3 Å². The molecule has 7 atom stereocenters. The molecule has 0 heterocycles. The SMILES string of the molecule is CC[C@H]1CC[C@H]2C3=CC=C4CC(OCCC(C)(O)CO)CC[C@]4(C)[C@H]3CC[C@]12C. The van der Waals surface area contributed by atoms with Crippen LogP contribution in [0.2, 0.25) is 0 Å². The number of allylic oxidation sites excluding steroid dienone is 3. The van der Waals surface area contributed by atoms with Gasteiger partial charge in [-0.3, -0.25) is 0 Å². The number of hydrogen-bond acceptors (Lipinski definition) is 3. The molecule has 4 aliphatic rings. The summed E-state index contributed by atoms with van der Waals surface area (Å²) >= 11 is 0. The number of hydrogen-bond donors (Lipinski definition) is 2. The lowest BCUT2D eigenvalue weighted by Crippen LogP contribution is -2.46. The predicted molar refractivity (Wildman–Crippen MR) is 118 cm³/mol. The average Bonchev–Trinajstić information content (AvgIpc) is 3.04. The molecule has 0 spiro atoms. The molecule has 0 radical (unpaired) electrons. The minimum atomic E-state index is -1.03. The standard InChI is InChI=1S/C26H42O3/c1-5-18-7-9-22-21-8-6-19-16-20(29-15-14-24(2,28)17-27)10-12-26(19,4)23(21)11-13-25(18,22)3/h6,8,18,20,22-23,27-28H,5,7,9-17H2,1-4H3/t18-,20?,22-,23-,24?,25+,26-/m0/s1. The van der Waals surface area contributed by atoms with E-state index in [4.69, 9.17) is 4.74 Å². The van der Waals surface area contributed by atoms with E-state index in [9.17, 15) is 10.2 Å². The van der Waals surface area contributed by atoms with Crippen molar-refractivity contribution < 1.29 is 14.9 Å². The van der Waals surface area contributed by atoms with Gasteiger partial charge in [0, 0.05) is 13.0 Å². The van der Waals surface area contributed by atoms with E-state index in [1.807, 2.05) is 0 Å². The summed E-state index contributed by atoms with van der Waals surface area (Å²) in [4.78, 5) is 0. The second-order valence-electron chi connectivity index (χ2n) is 11.2. The van der Waals surface area contributed by atoms with Gasteiger partial charge in [0.2, 0.25) is 0 Å². The van der Waals surface area contributed by atoms with Gasteiger partial charge in [0.1, 0.15) is 0 Å². The lowest BCUT2D eigenvalue weighted by Gasteiger charge is -2.55. The molecular weight excluding hydrogens is 360 g/mol. The zero-order valence-corrected chi connectivity index (χ0v) is 19.0. The van der Waals surface area contributed by atoms with E-state index >= 15 is 0 Å². The highest BCUT2D eigenvalue weighted by Gasteiger charge is 2.55. The van der Waals surface area contributed by atoms with Gasteiger partial charge in [-0.2, -0.15) is 0 Å². The van der Waals surface area contributed by atoms with Crippen molar-refractivity contribution in [2.24, 2.45) is 28.6 Å². The van der Waals surface area contributed by atoms with Crippen LogP contribution in [0.25, 0.3) is 0 Å². The summed E-state index contributed by atoms with van der Waals surface area (Å²) in [6.45, 7) is 9.49. The fraction of sp³-hybridized carbons (Fsp3) is 0.846. The first kappa shape index (κ1) is 21.6. The third-order valence-electron chi connectivity index (χ3n) is 9.55. The molecule has 3 fully saturated rings. The molecule has 0 aromatic heterocycles. The maximum atomic E-state index is 9.99. The van der Waals surface area contributed by atoms with E-state index < -0.39 is 5.60 Å². The van der Waals surface area contributed by atoms with Gasteiger partial charge < -0.3 is 14.9 Å². The molecule has 2 N–H and O–H groups in total. The molecule has 0 aromatic carbocycles. The molecule has 3 heteroatoms. The molecule has 0 bridgehead atoms. The Morgan fingerprint density at radius 1 is 1.10 bits per heavy atom. The van der Waals surface area contributed by atoms with E-state index in [-0.39, 0.29) is 12.7 Å². The summed E-state index contributed by atoms with van der Waals surface area (Å²) in [7, 11) is 0. The highest BCUT2D eigenvalue weighted by Crippen LogP contribution is 2.65. The Morgan fingerprint density at radius 3 is 2.62 bits per heavy atom. The summed E-state index contributed by atoms with van der Waals surface area (Å²) < 4.78 is 6.13. The van der Waals surface area contributed by atoms with Gasteiger partial charge in [0.25, 0.3) is 0 Å². The van der Waals surface area contributed by atoms with E-state index in [1.54, 1.807) is 18.1 Å². The van der Waals surface area contributed by atoms with Gasteiger partial charge in [-0.1, -0.05) is 50.5 Å². The van der Waals surface area contributed by atoms with Crippen molar-refractivity contribution in [2.45, 2.75) is 97.2 Å². The molecule has 0 aromatic rings. The zero-order chi connectivity index (χ0) is 20.9. The van der Waals surface area contributed by atoms with Crippen LogP contribution in [-0.4, -0.2) is 35.1 Å². The Hall–Kier alpha value is -0.640. The molecule has 2 unspecified atom stereocenters. The fourth-order valence-corrected chi connectivity index (χ4v) is 7.41. The minimum absolute atomic E-state index is 0.210. The molecule has 4 rings (SSSR count). The van der Waals surface area contributed by atoms with Crippen LogP contribution in [0.1, 0.15) is 85.5 Å². The second-order valence-corrected chi connectivity index (χ2v) is 11.2. The quantitative estimate of drug-likeness (QED) is 0.624. The topological polar surface area (TPSA) is 49.7 Å². The Morgan fingerprint density at radius 2 is 1.90 bits per heavy atom. The first-order valence-electron chi connectivity index (χ1n) is 12.1. The molecule has 0 amide bonds. The van der Waals surface area contributed by atoms with E-state index in [0.717, 1.165) is 30.6 Å². The van der Waals surface area contributed by atoms with Crippen LogP contribution >= 0.6 is 0 Å². The average molecular weight is 403 g/mol. The largest absolute Gasteiger partial charge is 0.393 e. The third kappa shape index (κ3) is 3.66.